The first kappa shape index (κ1) is 25.6. The van der Waals surface area contributed by atoms with E-state index in [2.05, 4.69) is 20.4 Å². The molecule has 2 fully saturated rings. The van der Waals surface area contributed by atoms with Crippen LogP contribution in [-0.2, 0) is 11.0 Å². The molecule has 10 heteroatoms. The van der Waals surface area contributed by atoms with Crippen molar-refractivity contribution >= 4 is 24.1 Å². The number of amides is 1. The molecule has 1 aromatic rings. The Hall–Kier alpha value is -1.68. The number of halogens is 4. The molecule has 31 heavy (non-hydrogen) atoms. The Kier molecular flexibility index (Phi) is 9.74. The molecule has 2 heterocycles. The topological polar surface area (TPSA) is 64.7 Å². The second-order valence-corrected chi connectivity index (χ2v) is 8.05. The third-order valence-corrected chi connectivity index (χ3v) is 5.73. The summed E-state index contributed by atoms with van der Waals surface area (Å²) in [4.78, 5) is 29.2. The van der Waals surface area contributed by atoms with Crippen LogP contribution in [0.4, 0.5) is 13.2 Å². The van der Waals surface area contributed by atoms with E-state index in [1.807, 2.05) is 0 Å². The fourth-order valence-corrected chi connectivity index (χ4v) is 4.01. The van der Waals surface area contributed by atoms with Crippen LogP contribution in [0.5, 0.6) is 0 Å². The van der Waals surface area contributed by atoms with Crippen molar-refractivity contribution in [1.29, 1.82) is 0 Å². The molecule has 2 aliphatic heterocycles. The molecule has 1 amide bonds. The number of rotatable bonds is 8. The molecule has 0 unspecified atom stereocenters. The number of alkyl halides is 3. The number of Topliss-reactive ketones (excluding diaryl/α,β-unsaturated/α-hetero) is 1. The number of carbonyl (C=O) groups is 2. The van der Waals surface area contributed by atoms with Gasteiger partial charge in [0.2, 0.25) is 0 Å². The lowest BCUT2D eigenvalue weighted by Crippen LogP contribution is -2.46. The van der Waals surface area contributed by atoms with E-state index in [1.165, 1.54) is 12.1 Å². The Balaban J connectivity index is 0.00000341. The number of ketones is 1. The highest BCUT2D eigenvalue weighted by Crippen LogP contribution is 2.29. The van der Waals surface area contributed by atoms with E-state index in [9.17, 15) is 22.8 Å². The average molecular weight is 463 g/mol. The van der Waals surface area contributed by atoms with Crippen LogP contribution < -0.4 is 10.6 Å². The maximum atomic E-state index is 12.8. The first-order valence-electron chi connectivity index (χ1n) is 10.4. The molecule has 2 saturated heterocycles. The Morgan fingerprint density at radius 2 is 1.81 bits per heavy atom. The predicted molar refractivity (Wildman–Crippen MR) is 115 cm³/mol. The van der Waals surface area contributed by atoms with Crippen LogP contribution in [0.25, 0.3) is 0 Å². The van der Waals surface area contributed by atoms with Crippen molar-refractivity contribution < 1.29 is 22.8 Å². The van der Waals surface area contributed by atoms with E-state index < -0.39 is 17.6 Å². The van der Waals surface area contributed by atoms with Gasteiger partial charge >= 0.3 is 6.18 Å². The summed E-state index contributed by atoms with van der Waals surface area (Å²) in [6, 6.07) is 4.21. The summed E-state index contributed by atoms with van der Waals surface area (Å²) in [5, 5.41) is 5.79. The van der Waals surface area contributed by atoms with Gasteiger partial charge in [-0.3, -0.25) is 14.5 Å². The second-order valence-electron chi connectivity index (χ2n) is 8.05. The summed E-state index contributed by atoms with van der Waals surface area (Å²) in [5.74, 6) is -0.492. The fraction of sp³-hybridized carbons (Fsp3) is 0.619. The summed E-state index contributed by atoms with van der Waals surface area (Å²) in [6.45, 7) is 7.92. The molecule has 0 saturated carbocycles. The van der Waals surface area contributed by atoms with E-state index in [4.69, 9.17) is 0 Å². The summed E-state index contributed by atoms with van der Waals surface area (Å²) in [5.41, 5.74) is -0.981. The SMILES string of the molecule is Cl.O=C(CNC(=O)c1cccc(C(F)(F)F)c1)C[C@@H]1CCN(CCN2CCNCC2)C1. The van der Waals surface area contributed by atoms with Gasteiger partial charge in [0.15, 0.2) is 5.78 Å². The van der Waals surface area contributed by atoms with Gasteiger partial charge in [0, 0.05) is 57.8 Å². The van der Waals surface area contributed by atoms with Crippen LogP contribution in [0, 0.1) is 5.92 Å². The molecule has 1 atom stereocenters. The van der Waals surface area contributed by atoms with E-state index in [0.717, 1.165) is 70.9 Å². The molecule has 0 bridgehead atoms. The molecule has 0 aliphatic carbocycles. The van der Waals surface area contributed by atoms with Crippen molar-refractivity contribution in [3.63, 3.8) is 0 Å². The third-order valence-electron chi connectivity index (χ3n) is 5.73. The minimum Gasteiger partial charge on any atom is -0.345 e. The highest BCUT2D eigenvalue weighted by atomic mass is 35.5. The summed E-state index contributed by atoms with van der Waals surface area (Å²) >= 11 is 0. The third kappa shape index (κ3) is 8.07. The highest BCUT2D eigenvalue weighted by molar-refractivity contribution is 5.96. The maximum absolute atomic E-state index is 12.8. The van der Waals surface area contributed by atoms with Crippen molar-refractivity contribution in [2.75, 3.05) is 58.9 Å². The van der Waals surface area contributed by atoms with E-state index in [1.54, 1.807) is 0 Å². The molecular weight excluding hydrogens is 433 g/mol. The smallest absolute Gasteiger partial charge is 0.345 e. The second kappa shape index (κ2) is 11.8. The normalized spacial score (nSPS) is 20.3. The molecule has 6 nitrogen and oxygen atoms in total. The zero-order chi connectivity index (χ0) is 21.6. The summed E-state index contributed by atoms with van der Waals surface area (Å²) in [6.07, 6.45) is -3.17. The molecular formula is C21H30ClF3N4O2. The molecule has 0 radical (unpaired) electrons. The predicted octanol–water partition coefficient (Wildman–Crippen LogP) is 2.04. The lowest BCUT2D eigenvalue weighted by atomic mass is 10.0. The first-order chi connectivity index (χ1) is 14.3. The van der Waals surface area contributed by atoms with Crippen molar-refractivity contribution in [2.45, 2.75) is 19.0 Å². The van der Waals surface area contributed by atoms with Gasteiger partial charge in [-0.05, 0) is 37.1 Å². The molecule has 1 aromatic carbocycles. The van der Waals surface area contributed by atoms with Crippen molar-refractivity contribution in [3.05, 3.63) is 35.4 Å². The summed E-state index contributed by atoms with van der Waals surface area (Å²) in [7, 11) is 0. The average Bonchev–Trinajstić information content (AvgIpc) is 3.18. The van der Waals surface area contributed by atoms with Gasteiger partial charge in [0.05, 0.1) is 12.1 Å². The van der Waals surface area contributed by atoms with Gasteiger partial charge in [-0.1, -0.05) is 6.07 Å². The molecule has 174 valence electrons. The van der Waals surface area contributed by atoms with Crippen LogP contribution in [0.3, 0.4) is 0 Å². The van der Waals surface area contributed by atoms with Gasteiger partial charge in [-0.25, -0.2) is 0 Å². The van der Waals surface area contributed by atoms with Crippen LogP contribution >= 0.6 is 12.4 Å². The van der Waals surface area contributed by atoms with Gasteiger partial charge in [-0.15, -0.1) is 12.4 Å². The first-order valence-corrected chi connectivity index (χ1v) is 10.4. The number of benzene rings is 1. The number of hydrogen-bond acceptors (Lipinski definition) is 5. The Bertz CT molecular complexity index is 742. The summed E-state index contributed by atoms with van der Waals surface area (Å²) < 4.78 is 38.3. The minimum atomic E-state index is -4.51. The number of carbonyl (C=O) groups excluding carboxylic acids is 2. The number of likely N-dealkylation sites (tertiary alicyclic amines) is 1. The number of nitrogens with zero attached hydrogens (tertiary/aromatic N) is 2. The lowest BCUT2D eigenvalue weighted by Gasteiger charge is -2.29. The number of nitrogens with one attached hydrogen (secondary N) is 2. The standard InChI is InChI=1S/C21H29F3N4O2.ClH/c22-21(23,24)18-3-1-2-17(13-18)20(30)26-14-19(29)12-16-4-7-28(15-16)11-10-27-8-5-25-6-9-27;/h1-3,13,16,25H,4-12,14-15H2,(H,26,30);1H/t16-;/m0./s1. The lowest BCUT2D eigenvalue weighted by molar-refractivity contribution is -0.137. The monoisotopic (exact) mass is 462 g/mol. The molecule has 0 spiro atoms. The van der Waals surface area contributed by atoms with Crippen LogP contribution in [-0.4, -0.2) is 80.4 Å². The molecule has 3 rings (SSSR count). The quantitative estimate of drug-likeness (QED) is 0.619. The van der Waals surface area contributed by atoms with E-state index >= 15 is 0 Å². The fourth-order valence-electron chi connectivity index (χ4n) is 4.01. The highest BCUT2D eigenvalue weighted by Gasteiger charge is 2.31. The minimum absolute atomic E-state index is 0. The molecule has 2 aliphatic rings. The van der Waals surface area contributed by atoms with E-state index in [-0.39, 0.29) is 36.2 Å². The van der Waals surface area contributed by atoms with Crippen molar-refractivity contribution in [2.24, 2.45) is 5.92 Å². The van der Waals surface area contributed by atoms with Crippen LogP contribution in [0.1, 0.15) is 28.8 Å². The van der Waals surface area contributed by atoms with Gasteiger partial charge < -0.3 is 15.5 Å². The Morgan fingerprint density at radius 3 is 2.52 bits per heavy atom. The van der Waals surface area contributed by atoms with E-state index in [0.29, 0.717) is 6.42 Å². The van der Waals surface area contributed by atoms with Gasteiger partial charge in [0.25, 0.3) is 5.91 Å². The maximum Gasteiger partial charge on any atom is 0.416 e. The van der Waals surface area contributed by atoms with Crippen molar-refractivity contribution in [1.82, 2.24) is 20.4 Å². The van der Waals surface area contributed by atoms with Crippen molar-refractivity contribution in [3.8, 4) is 0 Å². The van der Waals surface area contributed by atoms with Gasteiger partial charge in [0.1, 0.15) is 0 Å². The van der Waals surface area contributed by atoms with Crippen LogP contribution in [0.2, 0.25) is 0 Å². The molecule has 0 aromatic heterocycles. The Morgan fingerprint density at radius 1 is 1.10 bits per heavy atom. The molecule has 2 N–H and O–H groups in total. The largest absolute Gasteiger partial charge is 0.416 e. The Labute approximate surface area is 186 Å². The van der Waals surface area contributed by atoms with Gasteiger partial charge in [-0.2, -0.15) is 13.2 Å². The zero-order valence-corrected chi connectivity index (χ0v) is 18.2. The van der Waals surface area contributed by atoms with Crippen LogP contribution in [0.15, 0.2) is 24.3 Å². The number of hydrogen-bond donors (Lipinski definition) is 2. The zero-order valence-electron chi connectivity index (χ0n) is 17.4. The number of piperazine rings is 1.